The molecule has 0 saturated heterocycles. The lowest BCUT2D eigenvalue weighted by atomic mass is 10.1. The minimum Gasteiger partial charge on any atom is -0.406 e. The van der Waals surface area contributed by atoms with Crippen LogP contribution in [0.4, 0.5) is 18.9 Å². The first-order chi connectivity index (χ1) is 15.0. The number of halogens is 4. The lowest BCUT2D eigenvalue weighted by molar-refractivity contribution is -0.274. The van der Waals surface area contributed by atoms with Gasteiger partial charge >= 0.3 is 6.36 Å². The number of amides is 1. The van der Waals surface area contributed by atoms with Crippen molar-refractivity contribution >= 4 is 48.9 Å². The molecule has 0 aliphatic carbocycles. The maximum absolute atomic E-state index is 12.9. The smallest absolute Gasteiger partial charge is 0.406 e. The van der Waals surface area contributed by atoms with Gasteiger partial charge in [-0.3, -0.25) is 4.79 Å². The number of benzene rings is 2. The van der Waals surface area contributed by atoms with Gasteiger partial charge in [-0.25, -0.2) is 8.42 Å². The van der Waals surface area contributed by atoms with Crippen LogP contribution in [0.15, 0.2) is 74.7 Å². The maximum Gasteiger partial charge on any atom is 0.573 e. The molecule has 3 aromatic rings. The molecule has 0 aliphatic rings. The monoisotopic (exact) mass is 548 g/mol. The van der Waals surface area contributed by atoms with Crippen LogP contribution < -0.4 is 14.8 Å². The van der Waals surface area contributed by atoms with Crippen LogP contribution in [0, 0.1) is 0 Å². The summed E-state index contributed by atoms with van der Waals surface area (Å²) in [6.45, 7) is 0. The van der Waals surface area contributed by atoms with Crippen LogP contribution in [0.5, 0.6) is 5.75 Å². The van der Waals surface area contributed by atoms with Gasteiger partial charge in [0.15, 0.2) is 0 Å². The molecule has 0 fully saturated rings. The number of hydrogen-bond donors (Lipinski definition) is 2. The molecule has 1 aromatic heterocycles. The van der Waals surface area contributed by atoms with Crippen LogP contribution in [0.25, 0.3) is 0 Å². The average Bonchev–Trinajstić information content (AvgIpc) is 3.16. The van der Waals surface area contributed by atoms with Crippen molar-refractivity contribution in [1.82, 2.24) is 4.72 Å². The summed E-state index contributed by atoms with van der Waals surface area (Å²) in [5, 5.41) is 2.52. The Kier molecular flexibility index (Phi) is 7.59. The Labute approximate surface area is 194 Å². The normalized spacial score (nSPS) is 12.9. The number of ether oxygens (including phenoxy) is 1. The fraction of sp³-hybridized carbons (Fsp3) is 0.150. The fourth-order valence-corrected chi connectivity index (χ4v) is 5.92. The van der Waals surface area contributed by atoms with E-state index in [4.69, 9.17) is 0 Å². The molecule has 0 aliphatic heterocycles. The summed E-state index contributed by atoms with van der Waals surface area (Å²) in [6.07, 6.45) is -4.77. The summed E-state index contributed by atoms with van der Waals surface area (Å²) in [5.41, 5.74) is 0.900. The van der Waals surface area contributed by atoms with Crippen molar-refractivity contribution in [2.75, 3.05) is 5.32 Å². The molecule has 2 aromatic carbocycles. The number of hydrogen-bond acceptors (Lipinski definition) is 5. The molecule has 1 unspecified atom stereocenters. The zero-order valence-corrected chi connectivity index (χ0v) is 19.3. The number of thiophene rings is 1. The Balaban J connectivity index is 1.78. The van der Waals surface area contributed by atoms with Crippen LogP contribution in [0.1, 0.15) is 5.56 Å². The first kappa shape index (κ1) is 24.2. The number of rotatable bonds is 8. The highest BCUT2D eigenvalue weighted by Gasteiger charge is 2.31. The van der Waals surface area contributed by atoms with Gasteiger partial charge in [0, 0.05) is 5.69 Å². The minimum atomic E-state index is -4.83. The van der Waals surface area contributed by atoms with E-state index in [0.717, 1.165) is 29.0 Å². The van der Waals surface area contributed by atoms with Gasteiger partial charge in [-0.15, -0.1) is 24.5 Å². The second kappa shape index (κ2) is 10.0. The Morgan fingerprint density at radius 2 is 1.69 bits per heavy atom. The zero-order valence-electron chi connectivity index (χ0n) is 16.1. The highest BCUT2D eigenvalue weighted by Crippen LogP contribution is 2.27. The fourth-order valence-electron chi connectivity index (χ4n) is 2.69. The largest absolute Gasteiger partial charge is 0.573 e. The number of carbonyl (C=O) groups is 1. The Hall–Kier alpha value is -2.41. The summed E-state index contributed by atoms with van der Waals surface area (Å²) in [7, 11) is -3.99. The van der Waals surface area contributed by atoms with Crippen molar-refractivity contribution in [3.05, 3.63) is 76.1 Å². The van der Waals surface area contributed by atoms with Gasteiger partial charge in [-0.1, -0.05) is 30.3 Å². The number of nitrogens with one attached hydrogen (secondary N) is 2. The van der Waals surface area contributed by atoms with Gasteiger partial charge in [-0.05, 0) is 64.3 Å². The van der Waals surface area contributed by atoms with E-state index in [1.807, 2.05) is 0 Å². The molecule has 0 saturated carbocycles. The van der Waals surface area contributed by atoms with Crippen molar-refractivity contribution in [1.29, 1.82) is 0 Å². The SMILES string of the molecule is O=C(Nc1ccc(OC(F)(F)F)cc1)C(Cc1ccccc1)NS(=O)(=O)c1ccc(Br)s1. The third-order valence-electron chi connectivity index (χ3n) is 4.07. The van der Waals surface area contributed by atoms with Crippen molar-refractivity contribution in [3.63, 3.8) is 0 Å². The van der Waals surface area contributed by atoms with Crippen molar-refractivity contribution in [2.24, 2.45) is 0 Å². The summed E-state index contributed by atoms with van der Waals surface area (Å²) >= 11 is 4.20. The van der Waals surface area contributed by atoms with E-state index in [1.54, 1.807) is 36.4 Å². The molecule has 0 radical (unpaired) electrons. The lowest BCUT2D eigenvalue weighted by Crippen LogP contribution is -2.45. The number of sulfonamides is 1. The summed E-state index contributed by atoms with van der Waals surface area (Å²) < 4.78 is 69.3. The van der Waals surface area contributed by atoms with Gasteiger partial charge in [0.05, 0.1) is 3.79 Å². The van der Waals surface area contributed by atoms with Crippen LogP contribution in [-0.2, 0) is 21.2 Å². The molecule has 1 atom stereocenters. The van der Waals surface area contributed by atoms with Crippen LogP contribution in [-0.4, -0.2) is 26.7 Å². The van der Waals surface area contributed by atoms with E-state index in [2.05, 4.69) is 30.7 Å². The number of alkyl halides is 3. The number of anilines is 1. The second-order valence-corrected chi connectivity index (χ2v) is 10.9. The van der Waals surface area contributed by atoms with Gasteiger partial charge in [0.2, 0.25) is 5.91 Å². The molecule has 2 N–H and O–H groups in total. The topological polar surface area (TPSA) is 84.5 Å². The van der Waals surface area contributed by atoms with Crippen LogP contribution in [0.2, 0.25) is 0 Å². The Bertz CT molecular complexity index is 1170. The second-order valence-electron chi connectivity index (χ2n) is 6.48. The molecule has 3 rings (SSSR count). The van der Waals surface area contributed by atoms with Crippen molar-refractivity contribution < 1.29 is 31.1 Å². The first-order valence-corrected chi connectivity index (χ1v) is 12.1. The van der Waals surface area contributed by atoms with Gasteiger partial charge in [0.25, 0.3) is 10.0 Å². The van der Waals surface area contributed by atoms with Crippen LogP contribution >= 0.6 is 27.3 Å². The maximum atomic E-state index is 12.9. The predicted octanol–water partition coefficient (Wildman–Crippen LogP) is 4.94. The van der Waals surface area contributed by atoms with Gasteiger partial charge in [-0.2, -0.15) is 4.72 Å². The standard InChI is InChI=1S/C20H16BrF3N2O4S2/c21-17-10-11-18(31-17)32(28,29)26-16(12-13-4-2-1-3-5-13)19(27)25-14-6-8-15(9-7-14)30-20(22,23)24/h1-11,16,26H,12H2,(H,25,27). The van der Waals surface area contributed by atoms with Crippen LogP contribution in [0.3, 0.4) is 0 Å². The molecule has 1 heterocycles. The third-order valence-corrected chi connectivity index (χ3v) is 7.65. The van der Waals surface area contributed by atoms with E-state index in [-0.39, 0.29) is 16.3 Å². The molecule has 6 nitrogen and oxygen atoms in total. The van der Waals surface area contributed by atoms with Gasteiger partial charge in [0.1, 0.15) is 16.0 Å². The molecule has 12 heteroatoms. The highest BCUT2D eigenvalue weighted by molar-refractivity contribution is 9.11. The number of carbonyl (C=O) groups excluding carboxylic acids is 1. The molecule has 32 heavy (non-hydrogen) atoms. The van der Waals surface area contributed by atoms with E-state index < -0.39 is 34.1 Å². The minimum absolute atomic E-state index is 0.0314. The van der Waals surface area contributed by atoms with E-state index >= 15 is 0 Å². The Morgan fingerprint density at radius 1 is 1.03 bits per heavy atom. The molecular formula is C20H16BrF3N2O4S2. The Morgan fingerprint density at radius 3 is 2.25 bits per heavy atom. The quantitative estimate of drug-likeness (QED) is 0.417. The molecule has 0 spiro atoms. The zero-order chi connectivity index (χ0) is 23.4. The summed E-state index contributed by atoms with van der Waals surface area (Å²) in [4.78, 5) is 12.9. The van der Waals surface area contributed by atoms with E-state index in [0.29, 0.717) is 3.79 Å². The molecule has 1 amide bonds. The van der Waals surface area contributed by atoms with Gasteiger partial charge < -0.3 is 10.1 Å². The predicted molar refractivity (Wildman–Crippen MR) is 118 cm³/mol. The summed E-state index contributed by atoms with van der Waals surface area (Å²) in [6, 6.07) is 15.2. The molecule has 170 valence electrons. The lowest BCUT2D eigenvalue weighted by Gasteiger charge is -2.18. The van der Waals surface area contributed by atoms with Crippen molar-refractivity contribution in [3.8, 4) is 5.75 Å². The molecular weight excluding hydrogens is 533 g/mol. The summed E-state index contributed by atoms with van der Waals surface area (Å²) in [5.74, 6) is -1.11. The molecule has 0 bridgehead atoms. The highest BCUT2D eigenvalue weighted by atomic mass is 79.9. The average molecular weight is 549 g/mol. The van der Waals surface area contributed by atoms with E-state index in [9.17, 15) is 26.4 Å². The van der Waals surface area contributed by atoms with Crippen molar-refractivity contribution in [2.45, 2.75) is 23.0 Å². The first-order valence-electron chi connectivity index (χ1n) is 9.00. The van der Waals surface area contributed by atoms with E-state index in [1.165, 1.54) is 18.2 Å². The third kappa shape index (κ3) is 7.05.